The van der Waals surface area contributed by atoms with Gasteiger partial charge in [-0.3, -0.25) is 9.59 Å². The monoisotopic (exact) mass is 468 g/mol. The Morgan fingerprint density at radius 1 is 1.06 bits per heavy atom. The Morgan fingerprint density at radius 2 is 1.76 bits per heavy atom. The van der Waals surface area contributed by atoms with Crippen molar-refractivity contribution in [2.45, 2.75) is 26.0 Å². The van der Waals surface area contributed by atoms with E-state index in [1.54, 1.807) is 42.5 Å². The van der Waals surface area contributed by atoms with Crippen LogP contribution in [0.5, 0.6) is 17.2 Å². The molecule has 0 radical (unpaired) electrons. The zero-order valence-electron chi connectivity index (χ0n) is 20.5. The Hall–Kier alpha value is -3.52. The number of benzene rings is 2. The highest BCUT2D eigenvalue weighted by molar-refractivity contribution is 6.46. The van der Waals surface area contributed by atoms with E-state index < -0.39 is 17.7 Å². The Morgan fingerprint density at radius 3 is 2.38 bits per heavy atom. The number of ether oxygens (including phenoxy) is 3. The molecule has 0 aliphatic carbocycles. The van der Waals surface area contributed by atoms with Gasteiger partial charge in [0, 0.05) is 18.7 Å². The van der Waals surface area contributed by atoms with Gasteiger partial charge in [0.2, 0.25) is 0 Å². The SMILES string of the molecule is COc1ccc(C2/C(=C(/O)c3cccc(OC(C)C)c3)C(=O)C(=O)N2CCN(C)C)cc1OC. The number of likely N-dealkylation sites (N-methyl/N-ethyl adjacent to an activating group) is 1. The average molecular weight is 469 g/mol. The number of carbonyl (C=O) groups excluding carboxylic acids is 2. The van der Waals surface area contributed by atoms with Gasteiger partial charge in [0.25, 0.3) is 11.7 Å². The molecule has 8 nitrogen and oxygen atoms in total. The second-order valence-electron chi connectivity index (χ2n) is 8.60. The molecule has 1 aliphatic rings. The summed E-state index contributed by atoms with van der Waals surface area (Å²) >= 11 is 0. The first-order chi connectivity index (χ1) is 16.2. The number of ketones is 1. The van der Waals surface area contributed by atoms with Crippen molar-refractivity contribution < 1.29 is 28.9 Å². The second-order valence-corrected chi connectivity index (χ2v) is 8.60. The predicted molar refractivity (Wildman–Crippen MR) is 129 cm³/mol. The van der Waals surface area contributed by atoms with Crippen molar-refractivity contribution in [3.63, 3.8) is 0 Å². The van der Waals surface area contributed by atoms with E-state index in [4.69, 9.17) is 14.2 Å². The minimum atomic E-state index is -0.783. The van der Waals surface area contributed by atoms with Crippen LogP contribution in [0.25, 0.3) is 5.76 Å². The van der Waals surface area contributed by atoms with Crippen LogP contribution in [0.2, 0.25) is 0 Å². The number of aliphatic hydroxyl groups is 1. The number of methoxy groups -OCH3 is 2. The predicted octanol–water partition coefficient (Wildman–Crippen LogP) is 3.47. The Kier molecular flexibility index (Phi) is 7.83. The molecule has 0 saturated carbocycles. The molecule has 8 heteroatoms. The number of hydrogen-bond acceptors (Lipinski definition) is 7. The van der Waals surface area contributed by atoms with Gasteiger partial charge in [-0.1, -0.05) is 18.2 Å². The molecule has 1 saturated heterocycles. The first kappa shape index (κ1) is 25.1. The fourth-order valence-electron chi connectivity index (χ4n) is 3.93. The molecular formula is C26H32N2O6. The maximum absolute atomic E-state index is 13.2. The molecule has 2 aromatic carbocycles. The molecule has 0 spiro atoms. The number of nitrogens with zero attached hydrogens (tertiary/aromatic N) is 2. The largest absolute Gasteiger partial charge is 0.507 e. The van der Waals surface area contributed by atoms with Crippen LogP contribution in [0.3, 0.4) is 0 Å². The second kappa shape index (κ2) is 10.6. The summed E-state index contributed by atoms with van der Waals surface area (Å²) in [6.07, 6.45) is -0.0548. The minimum absolute atomic E-state index is 0.0256. The number of hydrogen-bond donors (Lipinski definition) is 1. The lowest BCUT2D eigenvalue weighted by atomic mass is 9.95. The van der Waals surface area contributed by atoms with Gasteiger partial charge in [0.15, 0.2) is 11.5 Å². The van der Waals surface area contributed by atoms with Crippen molar-refractivity contribution in [1.29, 1.82) is 0 Å². The number of carbonyl (C=O) groups is 2. The summed E-state index contributed by atoms with van der Waals surface area (Å²) in [6.45, 7) is 4.66. The van der Waals surface area contributed by atoms with Gasteiger partial charge < -0.3 is 29.1 Å². The van der Waals surface area contributed by atoms with Crippen LogP contribution in [-0.2, 0) is 9.59 Å². The van der Waals surface area contributed by atoms with E-state index >= 15 is 0 Å². The molecule has 1 amide bonds. The summed E-state index contributed by atoms with van der Waals surface area (Å²) in [7, 11) is 6.84. The lowest BCUT2D eigenvalue weighted by Gasteiger charge is -2.27. The zero-order chi connectivity index (χ0) is 25.0. The van der Waals surface area contributed by atoms with E-state index in [1.807, 2.05) is 32.8 Å². The average Bonchev–Trinajstić information content (AvgIpc) is 3.06. The lowest BCUT2D eigenvalue weighted by Crippen LogP contribution is -2.35. The van der Waals surface area contributed by atoms with Crippen LogP contribution in [0, 0.1) is 0 Å². The van der Waals surface area contributed by atoms with Crippen LogP contribution >= 0.6 is 0 Å². The molecule has 1 atom stereocenters. The van der Waals surface area contributed by atoms with E-state index in [1.165, 1.54) is 19.1 Å². The highest BCUT2D eigenvalue weighted by Gasteiger charge is 2.46. The van der Waals surface area contributed by atoms with Crippen LogP contribution in [0.15, 0.2) is 48.0 Å². The number of likely N-dealkylation sites (tertiary alicyclic amines) is 1. The lowest BCUT2D eigenvalue weighted by molar-refractivity contribution is -0.140. The summed E-state index contributed by atoms with van der Waals surface area (Å²) in [5.41, 5.74) is 1.05. The summed E-state index contributed by atoms with van der Waals surface area (Å²) in [6, 6.07) is 11.3. The van der Waals surface area contributed by atoms with Gasteiger partial charge in [0.1, 0.15) is 11.5 Å². The topological polar surface area (TPSA) is 88.5 Å². The van der Waals surface area contributed by atoms with Gasteiger partial charge in [-0.25, -0.2) is 0 Å². The minimum Gasteiger partial charge on any atom is -0.507 e. The smallest absolute Gasteiger partial charge is 0.295 e. The third-order valence-corrected chi connectivity index (χ3v) is 5.53. The Labute approximate surface area is 200 Å². The molecule has 1 N–H and O–H groups in total. The van der Waals surface area contributed by atoms with E-state index in [0.717, 1.165) is 0 Å². The summed E-state index contributed by atoms with van der Waals surface area (Å²) in [5, 5.41) is 11.3. The summed E-state index contributed by atoms with van der Waals surface area (Å²) < 4.78 is 16.5. The van der Waals surface area contributed by atoms with Gasteiger partial charge in [-0.05, 0) is 57.8 Å². The molecule has 1 unspecified atom stereocenters. The van der Waals surface area contributed by atoms with E-state index in [2.05, 4.69) is 0 Å². The molecule has 1 fully saturated rings. The van der Waals surface area contributed by atoms with E-state index in [9.17, 15) is 14.7 Å². The van der Waals surface area contributed by atoms with Gasteiger partial charge in [-0.2, -0.15) is 0 Å². The standard InChI is InChI=1S/C26H32N2O6/c1-16(2)34-19-9-7-8-18(14-19)24(29)22-23(17-10-11-20(32-5)21(15-17)33-6)28(13-12-27(3)4)26(31)25(22)30/h7-11,14-16,23,29H,12-13H2,1-6H3/b24-22-. The fourth-order valence-corrected chi connectivity index (χ4v) is 3.93. The van der Waals surface area contributed by atoms with Crippen LogP contribution in [-0.4, -0.2) is 74.1 Å². The number of aliphatic hydroxyl groups excluding tert-OH is 1. The molecule has 182 valence electrons. The maximum atomic E-state index is 13.2. The normalized spacial score (nSPS) is 17.5. The quantitative estimate of drug-likeness (QED) is 0.342. The Balaban J connectivity index is 2.17. The maximum Gasteiger partial charge on any atom is 0.295 e. The zero-order valence-corrected chi connectivity index (χ0v) is 20.5. The molecular weight excluding hydrogens is 436 g/mol. The van der Waals surface area contributed by atoms with E-state index in [-0.39, 0.29) is 17.4 Å². The molecule has 34 heavy (non-hydrogen) atoms. The third kappa shape index (κ3) is 5.17. The summed E-state index contributed by atoms with van der Waals surface area (Å²) in [4.78, 5) is 29.7. The fraction of sp³-hybridized carbons (Fsp3) is 0.385. The first-order valence-electron chi connectivity index (χ1n) is 11.1. The van der Waals surface area contributed by atoms with Crippen molar-refractivity contribution in [1.82, 2.24) is 9.80 Å². The molecule has 1 heterocycles. The van der Waals surface area contributed by atoms with Crippen molar-refractivity contribution >= 4 is 17.4 Å². The molecule has 0 bridgehead atoms. The van der Waals surface area contributed by atoms with Crippen molar-refractivity contribution in [2.24, 2.45) is 0 Å². The number of rotatable bonds is 9. The highest BCUT2D eigenvalue weighted by Crippen LogP contribution is 2.42. The number of Topliss-reactive ketones (excluding diaryl/α,β-unsaturated/α-hetero) is 1. The van der Waals surface area contributed by atoms with Crippen molar-refractivity contribution in [3.05, 3.63) is 59.2 Å². The summed E-state index contributed by atoms with van der Waals surface area (Å²) in [5.74, 6) is -0.0900. The molecule has 1 aliphatic heterocycles. The Bertz CT molecular complexity index is 1090. The van der Waals surface area contributed by atoms with Gasteiger partial charge in [-0.15, -0.1) is 0 Å². The van der Waals surface area contributed by atoms with Gasteiger partial charge in [0.05, 0.1) is 31.9 Å². The van der Waals surface area contributed by atoms with E-state index in [0.29, 0.717) is 41.5 Å². The molecule has 3 rings (SSSR count). The van der Waals surface area contributed by atoms with Crippen molar-refractivity contribution in [2.75, 3.05) is 41.4 Å². The van der Waals surface area contributed by atoms with Crippen LogP contribution in [0.4, 0.5) is 0 Å². The van der Waals surface area contributed by atoms with Crippen LogP contribution < -0.4 is 14.2 Å². The molecule has 0 aromatic heterocycles. The third-order valence-electron chi connectivity index (χ3n) is 5.53. The van der Waals surface area contributed by atoms with Gasteiger partial charge >= 0.3 is 0 Å². The molecule has 2 aromatic rings. The first-order valence-corrected chi connectivity index (χ1v) is 11.1. The highest BCUT2D eigenvalue weighted by atomic mass is 16.5. The van der Waals surface area contributed by atoms with Crippen molar-refractivity contribution in [3.8, 4) is 17.2 Å². The van der Waals surface area contributed by atoms with Crippen LogP contribution in [0.1, 0.15) is 31.0 Å². The number of amides is 1.